The minimum absolute atomic E-state index is 0.0996. The van der Waals surface area contributed by atoms with Gasteiger partial charge in [0.05, 0.1) is 5.56 Å². The van der Waals surface area contributed by atoms with Gasteiger partial charge in [-0.1, -0.05) is 32.1 Å². The summed E-state index contributed by atoms with van der Waals surface area (Å²) in [7, 11) is 0. The third-order valence-electron chi connectivity index (χ3n) is 4.25. The molecule has 3 N–H and O–H groups in total. The zero-order valence-electron chi connectivity index (χ0n) is 12.3. The van der Waals surface area contributed by atoms with Gasteiger partial charge in [0.25, 0.3) is 5.91 Å². The quantitative estimate of drug-likeness (QED) is 0.746. The molecule has 0 saturated heterocycles. The molecule has 1 saturated carbocycles. The van der Waals surface area contributed by atoms with Gasteiger partial charge in [0.2, 0.25) is 5.56 Å². The van der Waals surface area contributed by atoms with E-state index in [9.17, 15) is 14.7 Å². The molecule has 5 nitrogen and oxygen atoms in total. The van der Waals surface area contributed by atoms with Crippen molar-refractivity contribution in [2.45, 2.75) is 38.5 Å². The second-order valence-electron chi connectivity index (χ2n) is 5.94. The zero-order valence-corrected chi connectivity index (χ0v) is 12.3. The van der Waals surface area contributed by atoms with Crippen molar-refractivity contribution < 1.29 is 9.90 Å². The van der Waals surface area contributed by atoms with Crippen molar-refractivity contribution in [2.75, 3.05) is 13.2 Å². The lowest BCUT2D eigenvalue weighted by Crippen LogP contribution is -2.32. The van der Waals surface area contributed by atoms with Crippen LogP contribution in [-0.4, -0.2) is 29.1 Å². The highest BCUT2D eigenvalue weighted by atomic mass is 16.3. The van der Waals surface area contributed by atoms with Crippen molar-refractivity contribution in [1.82, 2.24) is 10.3 Å². The molecule has 1 aromatic heterocycles. The van der Waals surface area contributed by atoms with E-state index in [-0.39, 0.29) is 24.0 Å². The van der Waals surface area contributed by atoms with Gasteiger partial charge in [-0.05, 0) is 24.3 Å². The van der Waals surface area contributed by atoms with Gasteiger partial charge in [-0.2, -0.15) is 0 Å². The Morgan fingerprint density at radius 1 is 1.33 bits per heavy atom. The van der Waals surface area contributed by atoms with Crippen LogP contribution in [0.1, 0.15) is 48.9 Å². The highest BCUT2D eigenvalue weighted by Gasteiger charge is 2.19. The van der Waals surface area contributed by atoms with Gasteiger partial charge in [-0.3, -0.25) is 9.59 Å². The van der Waals surface area contributed by atoms with E-state index in [0.717, 1.165) is 6.42 Å². The number of H-pyrrole nitrogens is 1. The summed E-state index contributed by atoms with van der Waals surface area (Å²) in [5.74, 6) is 0.578. The van der Waals surface area contributed by atoms with Crippen LogP contribution in [0.15, 0.2) is 23.1 Å². The fourth-order valence-electron chi connectivity index (χ4n) is 3.01. The Morgan fingerprint density at radius 3 is 2.71 bits per heavy atom. The Bertz CT molecular complexity index is 486. The monoisotopic (exact) mass is 292 g/mol. The van der Waals surface area contributed by atoms with Crippen molar-refractivity contribution in [2.24, 2.45) is 11.8 Å². The van der Waals surface area contributed by atoms with Crippen LogP contribution >= 0.6 is 0 Å². The molecule has 5 heteroatoms. The first kappa shape index (κ1) is 15.8. The van der Waals surface area contributed by atoms with Crippen LogP contribution in [0.2, 0.25) is 0 Å². The van der Waals surface area contributed by atoms with E-state index in [4.69, 9.17) is 0 Å². The molecule has 1 aliphatic carbocycles. The molecule has 1 fully saturated rings. The van der Waals surface area contributed by atoms with Crippen molar-refractivity contribution in [1.29, 1.82) is 0 Å². The van der Waals surface area contributed by atoms with Crippen molar-refractivity contribution >= 4 is 5.91 Å². The number of aliphatic hydroxyl groups is 1. The highest BCUT2D eigenvalue weighted by molar-refractivity contribution is 5.93. The first-order valence-electron chi connectivity index (χ1n) is 7.77. The molecule has 2 rings (SSSR count). The Hall–Kier alpha value is -1.62. The summed E-state index contributed by atoms with van der Waals surface area (Å²) >= 11 is 0. The number of rotatable bonds is 6. The molecule has 21 heavy (non-hydrogen) atoms. The van der Waals surface area contributed by atoms with E-state index < -0.39 is 0 Å². The van der Waals surface area contributed by atoms with E-state index in [0.29, 0.717) is 18.0 Å². The number of hydrogen-bond acceptors (Lipinski definition) is 3. The second-order valence-corrected chi connectivity index (χ2v) is 5.94. The van der Waals surface area contributed by atoms with E-state index in [2.05, 4.69) is 10.3 Å². The number of carbonyl (C=O) groups is 1. The van der Waals surface area contributed by atoms with Gasteiger partial charge < -0.3 is 15.4 Å². The van der Waals surface area contributed by atoms with Gasteiger partial charge in [0.15, 0.2) is 0 Å². The third-order valence-corrected chi connectivity index (χ3v) is 4.25. The molecule has 1 heterocycles. The van der Waals surface area contributed by atoms with Crippen molar-refractivity contribution in [3.8, 4) is 0 Å². The van der Waals surface area contributed by atoms with E-state index in [1.807, 2.05) is 0 Å². The highest BCUT2D eigenvalue weighted by Crippen LogP contribution is 2.28. The molecule has 0 unspecified atom stereocenters. The number of hydrogen-bond donors (Lipinski definition) is 3. The van der Waals surface area contributed by atoms with Crippen LogP contribution in [0.3, 0.4) is 0 Å². The number of nitrogens with one attached hydrogen (secondary N) is 2. The minimum Gasteiger partial charge on any atom is -0.396 e. The molecule has 0 aromatic carbocycles. The van der Waals surface area contributed by atoms with Gasteiger partial charge in [-0.15, -0.1) is 0 Å². The molecule has 116 valence electrons. The summed E-state index contributed by atoms with van der Waals surface area (Å²) in [5.41, 5.74) is 0.209. The summed E-state index contributed by atoms with van der Waals surface area (Å²) in [6.07, 6.45) is 8.76. The molecule has 1 aromatic rings. The van der Waals surface area contributed by atoms with Crippen LogP contribution in [0.5, 0.6) is 0 Å². The molecular formula is C16H24N2O3. The average Bonchev–Trinajstić information content (AvgIpc) is 2.52. The fraction of sp³-hybridized carbons (Fsp3) is 0.625. The SMILES string of the molecule is O=C(NC[C@H](CO)CC1CCCCC1)c1ccc(=O)[nH]c1. The van der Waals surface area contributed by atoms with Crippen LogP contribution in [-0.2, 0) is 0 Å². The van der Waals surface area contributed by atoms with Crippen LogP contribution in [0.4, 0.5) is 0 Å². The van der Waals surface area contributed by atoms with E-state index in [1.165, 1.54) is 50.4 Å². The fourth-order valence-corrected chi connectivity index (χ4v) is 3.01. The van der Waals surface area contributed by atoms with Crippen molar-refractivity contribution in [3.05, 3.63) is 34.2 Å². The largest absolute Gasteiger partial charge is 0.396 e. The molecule has 1 atom stereocenters. The number of pyridine rings is 1. The van der Waals surface area contributed by atoms with Gasteiger partial charge >= 0.3 is 0 Å². The number of aromatic amines is 1. The van der Waals surface area contributed by atoms with Gasteiger partial charge in [0.1, 0.15) is 0 Å². The van der Waals surface area contributed by atoms with E-state index >= 15 is 0 Å². The Kier molecular flexibility index (Phi) is 5.99. The smallest absolute Gasteiger partial charge is 0.252 e. The van der Waals surface area contributed by atoms with Gasteiger partial charge in [0, 0.05) is 25.4 Å². The standard InChI is InChI=1S/C16H24N2O3/c19-11-13(8-12-4-2-1-3-5-12)9-18-16(21)14-6-7-15(20)17-10-14/h6-7,10,12-13,19H,1-5,8-9,11H2,(H,17,20)(H,18,21)/t13-/m1/s1. The number of amides is 1. The summed E-state index contributed by atoms with van der Waals surface area (Å²) in [5, 5.41) is 12.3. The first-order chi connectivity index (χ1) is 10.2. The maximum Gasteiger partial charge on any atom is 0.252 e. The molecule has 1 amide bonds. The topological polar surface area (TPSA) is 82.2 Å². The zero-order chi connectivity index (χ0) is 15.1. The number of aliphatic hydroxyl groups excluding tert-OH is 1. The lowest BCUT2D eigenvalue weighted by Gasteiger charge is -2.25. The van der Waals surface area contributed by atoms with E-state index in [1.54, 1.807) is 0 Å². The molecule has 0 bridgehead atoms. The van der Waals surface area contributed by atoms with Gasteiger partial charge in [-0.25, -0.2) is 0 Å². The second kappa shape index (κ2) is 7.98. The third kappa shape index (κ3) is 5.01. The molecule has 0 radical (unpaired) electrons. The predicted octanol–water partition coefficient (Wildman–Crippen LogP) is 1.68. The van der Waals surface area contributed by atoms with Crippen LogP contribution in [0, 0.1) is 11.8 Å². The lowest BCUT2D eigenvalue weighted by molar-refractivity contribution is 0.0932. The molecule has 0 aliphatic heterocycles. The summed E-state index contributed by atoms with van der Waals surface area (Å²) in [4.78, 5) is 25.4. The maximum atomic E-state index is 12.0. The summed E-state index contributed by atoms with van der Waals surface area (Å²) in [6.45, 7) is 0.577. The molecule has 0 spiro atoms. The van der Waals surface area contributed by atoms with Crippen LogP contribution < -0.4 is 10.9 Å². The number of carbonyl (C=O) groups excluding carboxylic acids is 1. The maximum absolute atomic E-state index is 12.0. The van der Waals surface area contributed by atoms with Crippen molar-refractivity contribution in [3.63, 3.8) is 0 Å². The number of aromatic nitrogens is 1. The lowest BCUT2D eigenvalue weighted by atomic mass is 9.83. The predicted molar refractivity (Wildman–Crippen MR) is 81.2 cm³/mol. The Morgan fingerprint density at radius 2 is 2.10 bits per heavy atom. The normalized spacial score (nSPS) is 17.4. The Labute approximate surface area is 124 Å². The minimum atomic E-state index is -0.225. The molecule has 1 aliphatic rings. The Balaban J connectivity index is 1.80. The average molecular weight is 292 g/mol. The molecular weight excluding hydrogens is 268 g/mol. The summed E-state index contributed by atoms with van der Waals surface area (Å²) < 4.78 is 0. The van der Waals surface area contributed by atoms with Crippen LogP contribution in [0.25, 0.3) is 0 Å². The summed E-state index contributed by atoms with van der Waals surface area (Å²) in [6, 6.07) is 2.84. The first-order valence-corrected chi connectivity index (χ1v) is 7.77.